The average molecular weight is 809 g/mol. The molecule has 2 unspecified atom stereocenters. The number of unbranched alkanes of at least 4 members (excludes halogenated alkanes) is 22. The zero-order valence-corrected chi connectivity index (χ0v) is 38.9. The van der Waals surface area contributed by atoms with Gasteiger partial charge in [-0.2, -0.15) is 0 Å². The number of esters is 3. The summed E-state index contributed by atoms with van der Waals surface area (Å²) in [6.45, 7) is 15.4. The molecule has 0 amide bonds. The highest BCUT2D eigenvalue weighted by atomic mass is 16.5. The molecule has 0 rings (SSSR count). The summed E-state index contributed by atoms with van der Waals surface area (Å²) in [5.41, 5.74) is 0. The summed E-state index contributed by atoms with van der Waals surface area (Å²) in [5, 5.41) is 0. The van der Waals surface area contributed by atoms with E-state index in [2.05, 4.69) is 32.6 Å². The molecule has 0 radical (unpaired) electrons. The van der Waals surface area contributed by atoms with Gasteiger partial charge in [-0.25, -0.2) is 0 Å². The highest BCUT2D eigenvalue weighted by molar-refractivity contribution is 5.73. The SMILES string of the molecule is CCCCCCCCC(CCCCCC)C(=O)OCCCCCCN(CCCCCCOC(=[OH+])C(CCCCCC)CCCCCCCC)CCCC(=O)OCC. The molecule has 0 aromatic heterocycles. The van der Waals surface area contributed by atoms with E-state index in [4.69, 9.17) is 14.2 Å². The molecule has 0 aliphatic heterocycles. The standard InChI is InChI=1S/C50H97NO6/c1-6-11-15-19-21-29-38-46(36-27-17-13-8-3)49(53)56-44-33-25-23-31-41-51(43-35-40-48(52)55-10-5)42-32-24-26-34-45-57-50(54)47(37-28-18-14-9-4)39-30-22-20-16-12-7-2/h46-47H,6-45H2,1-5H3/p+1. The van der Waals surface area contributed by atoms with Crippen LogP contribution in [0.3, 0.4) is 0 Å². The molecule has 0 spiro atoms. The van der Waals surface area contributed by atoms with Crippen LogP contribution in [0.15, 0.2) is 0 Å². The lowest BCUT2D eigenvalue weighted by atomic mass is 9.94. The Labute approximate surface area is 354 Å². The van der Waals surface area contributed by atoms with Crippen LogP contribution in [0.25, 0.3) is 0 Å². The van der Waals surface area contributed by atoms with E-state index in [0.29, 0.717) is 26.2 Å². The van der Waals surface area contributed by atoms with Gasteiger partial charge in [0.15, 0.2) is 6.61 Å². The average Bonchev–Trinajstić information content (AvgIpc) is 3.20. The maximum Gasteiger partial charge on any atom is 0.485 e. The quantitative estimate of drug-likeness (QED) is 0.0264. The third kappa shape index (κ3) is 37.1. The van der Waals surface area contributed by atoms with Crippen LogP contribution < -0.4 is 0 Å². The summed E-state index contributed by atoms with van der Waals surface area (Å²) in [6, 6.07) is 0. The van der Waals surface area contributed by atoms with E-state index in [1.807, 2.05) is 6.92 Å². The summed E-state index contributed by atoms with van der Waals surface area (Å²) in [7, 11) is 0. The monoisotopic (exact) mass is 809 g/mol. The Morgan fingerprint density at radius 2 is 0.789 bits per heavy atom. The van der Waals surface area contributed by atoms with Crippen molar-refractivity contribution in [1.29, 1.82) is 0 Å². The van der Waals surface area contributed by atoms with Gasteiger partial charge in [0.1, 0.15) is 5.92 Å². The molecule has 0 bridgehead atoms. The lowest BCUT2D eigenvalue weighted by Crippen LogP contribution is -2.28. The van der Waals surface area contributed by atoms with Crippen molar-refractivity contribution in [3.63, 3.8) is 0 Å². The van der Waals surface area contributed by atoms with Crippen LogP contribution in [0, 0.1) is 11.8 Å². The maximum absolute atomic E-state index is 13.0. The van der Waals surface area contributed by atoms with Gasteiger partial charge >= 0.3 is 17.9 Å². The Morgan fingerprint density at radius 3 is 1.26 bits per heavy atom. The second-order valence-corrected chi connectivity index (χ2v) is 17.1. The molecule has 0 aliphatic rings. The molecule has 0 heterocycles. The Balaban J connectivity index is 4.57. The smallest absolute Gasteiger partial charge is 0.466 e. The normalized spacial score (nSPS) is 12.5. The molecule has 7 heteroatoms. The van der Waals surface area contributed by atoms with Crippen molar-refractivity contribution in [2.45, 2.75) is 253 Å². The van der Waals surface area contributed by atoms with Crippen molar-refractivity contribution in [1.82, 2.24) is 4.90 Å². The third-order valence-electron chi connectivity index (χ3n) is 11.7. The fourth-order valence-corrected chi connectivity index (χ4v) is 7.93. The van der Waals surface area contributed by atoms with Gasteiger partial charge in [0.25, 0.3) is 0 Å². The molecular weight excluding hydrogens is 711 g/mol. The molecule has 0 saturated carbocycles. The van der Waals surface area contributed by atoms with Crippen LogP contribution in [-0.4, -0.2) is 67.1 Å². The van der Waals surface area contributed by atoms with Crippen molar-refractivity contribution < 1.29 is 28.6 Å². The predicted octanol–water partition coefficient (Wildman–Crippen LogP) is 14.5. The zero-order chi connectivity index (χ0) is 41.9. The van der Waals surface area contributed by atoms with E-state index in [0.717, 1.165) is 116 Å². The van der Waals surface area contributed by atoms with Gasteiger partial charge in [-0.05, 0) is 84.3 Å². The summed E-state index contributed by atoms with van der Waals surface area (Å²) < 4.78 is 16.9. The molecule has 0 aliphatic carbocycles. The first-order valence-corrected chi connectivity index (χ1v) is 25.2. The minimum absolute atomic E-state index is 0.0415. The minimum Gasteiger partial charge on any atom is -0.466 e. The third-order valence-corrected chi connectivity index (χ3v) is 11.7. The fourth-order valence-electron chi connectivity index (χ4n) is 7.93. The lowest BCUT2D eigenvalue weighted by Gasteiger charge is -2.22. The van der Waals surface area contributed by atoms with E-state index in [1.54, 1.807) is 0 Å². The van der Waals surface area contributed by atoms with E-state index >= 15 is 0 Å². The molecule has 0 fully saturated rings. The minimum atomic E-state index is -0.0996. The number of carbonyl (C=O) groups excluding carboxylic acids is 3. The number of nitrogens with zero attached hydrogens (tertiary/aromatic N) is 1. The summed E-state index contributed by atoms with van der Waals surface area (Å²) in [6.07, 6.45) is 38.9. The predicted molar refractivity (Wildman–Crippen MR) is 244 cm³/mol. The second-order valence-electron chi connectivity index (χ2n) is 17.1. The Bertz CT molecular complexity index is 823. The van der Waals surface area contributed by atoms with Crippen molar-refractivity contribution in [2.24, 2.45) is 11.8 Å². The summed E-state index contributed by atoms with van der Waals surface area (Å²) >= 11 is 0. The van der Waals surface area contributed by atoms with Gasteiger partial charge in [0.2, 0.25) is 0 Å². The summed E-state index contributed by atoms with van der Waals surface area (Å²) in [5.74, 6) is 0.489. The molecule has 2 atom stereocenters. The van der Waals surface area contributed by atoms with Crippen molar-refractivity contribution in [2.75, 3.05) is 39.5 Å². The first kappa shape index (κ1) is 55.4. The van der Waals surface area contributed by atoms with Gasteiger partial charge < -0.3 is 23.9 Å². The molecule has 338 valence electrons. The highest BCUT2D eigenvalue weighted by Gasteiger charge is 2.26. The number of hydrogen-bond acceptors (Lipinski definition) is 6. The molecule has 0 aromatic carbocycles. The van der Waals surface area contributed by atoms with Gasteiger partial charge in [0, 0.05) is 12.8 Å². The first-order chi connectivity index (χ1) is 27.9. The number of rotatable bonds is 45. The van der Waals surface area contributed by atoms with Crippen molar-refractivity contribution >= 4 is 17.9 Å². The Kier molecular flexibility index (Phi) is 42.7. The molecule has 0 aromatic rings. The van der Waals surface area contributed by atoms with Gasteiger partial charge in [-0.15, -0.1) is 0 Å². The Morgan fingerprint density at radius 1 is 0.421 bits per heavy atom. The highest BCUT2D eigenvalue weighted by Crippen LogP contribution is 2.22. The molecule has 1 N–H and O–H groups in total. The van der Waals surface area contributed by atoms with Crippen LogP contribution in [0.2, 0.25) is 0 Å². The van der Waals surface area contributed by atoms with Crippen molar-refractivity contribution in [3.8, 4) is 0 Å². The summed E-state index contributed by atoms with van der Waals surface area (Å²) in [4.78, 5) is 38.4. The first-order valence-electron chi connectivity index (χ1n) is 25.2. The number of ether oxygens (including phenoxy) is 3. The van der Waals surface area contributed by atoms with E-state index in [-0.39, 0.29) is 29.7 Å². The van der Waals surface area contributed by atoms with Gasteiger partial charge in [-0.1, -0.05) is 175 Å². The van der Waals surface area contributed by atoms with E-state index in [9.17, 15) is 14.4 Å². The lowest BCUT2D eigenvalue weighted by molar-refractivity contribution is -0.149. The van der Waals surface area contributed by atoms with Crippen molar-refractivity contribution in [3.05, 3.63) is 0 Å². The van der Waals surface area contributed by atoms with Crippen LogP contribution >= 0.6 is 0 Å². The number of hydrogen-bond donors (Lipinski definition) is 0. The molecule has 0 saturated heterocycles. The second kappa shape index (κ2) is 43.9. The van der Waals surface area contributed by atoms with Crippen LogP contribution in [0.5, 0.6) is 0 Å². The van der Waals surface area contributed by atoms with Gasteiger partial charge in [-0.3, -0.25) is 9.59 Å². The molecule has 57 heavy (non-hydrogen) atoms. The van der Waals surface area contributed by atoms with Crippen LogP contribution in [0.4, 0.5) is 0 Å². The fraction of sp³-hybridized carbons (Fsp3) is 0.940. The molecule has 7 nitrogen and oxygen atoms in total. The van der Waals surface area contributed by atoms with Crippen LogP contribution in [-0.2, 0) is 23.8 Å². The van der Waals surface area contributed by atoms with E-state index in [1.165, 1.54) is 116 Å². The largest absolute Gasteiger partial charge is 0.485 e. The van der Waals surface area contributed by atoms with E-state index < -0.39 is 0 Å². The van der Waals surface area contributed by atoms with Crippen LogP contribution in [0.1, 0.15) is 253 Å². The Hall–Kier alpha value is -1.63. The topological polar surface area (TPSA) is 86.5 Å². The molecular formula is C50H98NO6+. The zero-order valence-electron chi connectivity index (χ0n) is 38.9. The number of carbonyl (C=O) groups is 2. The van der Waals surface area contributed by atoms with Gasteiger partial charge in [0.05, 0.1) is 19.1 Å². The maximum atomic E-state index is 13.0.